The van der Waals surface area contributed by atoms with Crippen molar-refractivity contribution in [2.45, 2.75) is 20.3 Å². The molecule has 152 valence electrons. The molecule has 3 N–H and O–H groups in total. The number of benzene rings is 2. The quantitative estimate of drug-likeness (QED) is 0.395. The van der Waals surface area contributed by atoms with Crippen LogP contribution in [0, 0.1) is 5.92 Å². The fourth-order valence-corrected chi connectivity index (χ4v) is 3.95. The van der Waals surface area contributed by atoms with Gasteiger partial charge >= 0.3 is 0 Å². The third-order valence-electron chi connectivity index (χ3n) is 3.82. The number of halogens is 2. The third kappa shape index (κ3) is 5.82. The molecule has 0 unspecified atom stereocenters. The van der Waals surface area contributed by atoms with Gasteiger partial charge in [0.2, 0.25) is 5.91 Å². The number of rotatable bonds is 7. The van der Waals surface area contributed by atoms with Crippen molar-refractivity contribution in [3.05, 3.63) is 51.5 Å². The van der Waals surface area contributed by atoms with Crippen molar-refractivity contribution in [2.75, 3.05) is 12.3 Å². The van der Waals surface area contributed by atoms with Crippen LogP contribution in [0.25, 0.3) is 10.2 Å². The molecule has 1 amide bonds. The van der Waals surface area contributed by atoms with Crippen LogP contribution >= 0.6 is 34.5 Å². The average Bonchev–Trinajstić information content (AvgIpc) is 3.00. The first-order valence-corrected chi connectivity index (χ1v) is 10.5. The molecule has 1 heterocycles. The van der Waals surface area contributed by atoms with E-state index in [1.807, 2.05) is 32.0 Å². The molecule has 0 spiro atoms. The molecule has 0 saturated carbocycles. The zero-order valence-corrected chi connectivity index (χ0v) is 18.2. The number of ether oxygens (including phenoxy) is 1. The van der Waals surface area contributed by atoms with E-state index in [1.54, 1.807) is 12.1 Å². The minimum absolute atomic E-state index is 0.189. The number of nitrogens with one attached hydrogen (secondary N) is 1. The van der Waals surface area contributed by atoms with E-state index in [0.717, 1.165) is 15.8 Å². The minimum Gasteiger partial charge on any atom is -0.490 e. The molecule has 0 fully saturated rings. The largest absolute Gasteiger partial charge is 0.490 e. The van der Waals surface area contributed by atoms with Gasteiger partial charge in [-0.15, -0.1) is 0 Å². The topological polar surface area (TPSA) is 89.6 Å². The van der Waals surface area contributed by atoms with E-state index in [-0.39, 0.29) is 12.3 Å². The number of thiazole rings is 1. The van der Waals surface area contributed by atoms with Gasteiger partial charge in [-0.05, 0) is 41.3 Å². The van der Waals surface area contributed by atoms with Crippen LogP contribution in [0.5, 0.6) is 5.75 Å². The van der Waals surface area contributed by atoms with Crippen molar-refractivity contribution < 1.29 is 9.53 Å². The number of hydrogen-bond acceptors (Lipinski definition) is 6. The highest BCUT2D eigenvalue weighted by atomic mass is 35.5. The molecule has 3 rings (SSSR count). The fraction of sp³-hybridized carbons (Fsp3) is 0.250. The Morgan fingerprint density at radius 3 is 2.72 bits per heavy atom. The zero-order chi connectivity index (χ0) is 21.0. The Morgan fingerprint density at radius 2 is 2.03 bits per heavy atom. The number of hydrogen-bond donors (Lipinski definition) is 2. The summed E-state index contributed by atoms with van der Waals surface area (Å²) < 4.78 is 6.58. The van der Waals surface area contributed by atoms with Gasteiger partial charge in [0.15, 0.2) is 10.9 Å². The lowest BCUT2D eigenvalue weighted by molar-refractivity contribution is -0.120. The molecule has 1 aromatic heterocycles. The summed E-state index contributed by atoms with van der Waals surface area (Å²) in [5.41, 5.74) is 10.5. The number of anilines is 1. The molecule has 3 aromatic rings. The highest BCUT2D eigenvalue weighted by molar-refractivity contribution is 7.22. The number of hydrazone groups is 1. The average molecular weight is 451 g/mol. The minimum atomic E-state index is -0.243. The second-order valence-corrected chi connectivity index (χ2v) is 8.72. The zero-order valence-electron chi connectivity index (χ0n) is 15.9. The van der Waals surface area contributed by atoms with Gasteiger partial charge < -0.3 is 10.5 Å². The van der Waals surface area contributed by atoms with E-state index >= 15 is 0 Å². The molecule has 0 atom stereocenters. The Kier molecular flexibility index (Phi) is 6.95. The monoisotopic (exact) mass is 450 g/mol. The summed E-state index contributed by atoms with van der Waals surface area (Å²) in [6.07, 6.45) is 1.67. The first kappa shape index (κ1) is 21.4. The van der Waals surface area contributed by atoms with Crippen LogP contribution in [-0.2, 0) is 11.2 Å². The van der Waals surface area contributed by atoms with E-state index in [1.165, 1.54) is 17.6 Å². The molecule has 0 aliphatic heterocycles. The standard InChI is InChI=1S/C20H20Cl2N4O2S/c1-11(2)10-28-19-14(21)5-13(6-15(19)22)9-24-26-18(27)8-12-3-4-16-17(7-12)29-20(23)25-16/h3-7,9,11H,8,10H2,1-2H3,(H2,23,25)(H,26,27)/b24-9-. The van der Waals surface area contributed by atoms with Crippen LogP contribution in [0.2, 0.25) is 10.0 Å². The number of fused-ring (bicyclic) bond motifs is 1. The molecule has 0 bridgehead atoms. The van der Waals surface area contributed by atoms with Crippen molar-refractivity contribution in [1.29, 1.82) is 0 Å². The Hall–Kier alpha value is -2.35. The van der Waals surface area contributed by atoms with Gasteiger partial charge in [0.1, 0.15) is 0 Å². The van der Waals surface area contributed by atoms with E-state index in [9.17, 15) is 4.79 Å². The number of nitrogen functional groups attached to an aromatic ring is 1. The number of carbonyl (C=O) groups excluding carboxylic acids is 1. The first-order valence-electron chi connectivity index (χ1n) is 8.90. The van der Waals surface area contributed by atoms with Crippen molar-refractivity contribution in [1.82, 2.24) is 10.4 Å². The van der Waals surface area contributed by atoms with Crippen LogP contribution in [-0.4, -0.2) is 23.7 Å². The van der Waals surface area contributed by atoms with Gasteiger partial charge in [0.05, 0.1) is 39.5 Å². The van der Waals surface area contributed by atoms with Crippen molar-refractivity contribution in [3.8, 4) is 5.75 Å². The van der Waals surface area contributed by atoms with E-state index in [0.29, 0.717) is 39.0 Å². The summed E-state index contributed by atoms with van der Waals surface area (Å²) in [6, 6.07) is 8.96. The summed E-state index contributed by atoms with van der Waals surface area (Å²) >= 11 is 13.9. The lowest BCUT2D eigenvalue weighted by Crippen LogP contribution is -2.19. The molecule has 0 saturated heterocycles. The van der Waals surface area contributed by atoms with Crippen molar-refractivity contribution in [2.24, 2.45) is 11.0 Å². The fourth-order valence-electron chi connectivity index (χ4n) is 2.54. The Morgan fingerprint density at radius 1 is 1.31 bits per heavy atom. The highest BCUT2D eigenvalue weighted by Gasteiger charge is 2.10. The summed E-state index contributed by atoms with van der Waals surface area (Å²) in [5.74, 6) is 0.558. The molecular formula is C20H20Cl2N4O2S. The highest BCUT2D eigenvalue weighted by Crippen LogP contribution is 2.34. The Bertz CT molecular complexity index is 1040. The maximum Gasteiger partial charge on any atom is 0.244 e. The summed E-state index contributed by atoms with van der Waals surface area (Å²) in [4.78, 5) is 16.3. The maximum absolute atomic E-state index is 12.1. The normalized spacial score (nSPS) is 11.5. The second kappa shape index (κ2) is 9.43. The Balaban J connectivity index is 1.60. The summed E-state index contributed by atoms with van der Waals surface area (Å²) in [5, 5.41) is 5.27. The number of aromatic nitrogens is 1. The van der Waals surface area contributed by atoms with Crippen LogP contribution in [0.15, 0.2) is 35.4 Å². The molecule has 0 radical (unpaired) electrons. The van der Waals surface area contributed by atoms with Gasteiger partial charge in [-0.1, -0.05) is 54.5 Å². The number of nitrogens with zero attached hydrogens (tertiary/aromatic N) is 2. The lowest BCUT2D eigenvalue weighted by atomic mass is 10.1. The molecule has 9 heteroatoms. The maximum atomic E-state index is 12.1. The van der Waals surface area contributed by atoms with Gasteiger partial charge in [-0.2, -0.15) is 5.10 Å². The number of amides is 1. The molecular weight excluding hydrogens is 431 g/mol. The Labute approximate surface area is 182 Å². The van der Waals surface area contributed by atoms with E-state index < -0.39 is 0 Å². The SMILES string of the molecule is CC(C)COc1c(Cl)cc(/C=N\NC(=O)Cc2ccc3nc(N)sc3c2)cc1Cl. The smallest absolute Gasteiger partial charge is 0.244 e. The van der Waals surface area contributed by atoms with Gasteiger partial charge in [-0.3, -0.25) is 4.79 Å². The second-order valence-electron chi connectivity index (χ2n) is 6.84. The number of nitrogens with two attached hydrogens (primary N) is 1. The van der Waals surface area contributed by atoms with Gasteiger partial charge in [0, 0.05) is 0 Å². The van der Waals surface area contributed by atoms with Crippen LogP contribution in [0.4, 0.5) is 5.13 Å². The van der Waals surface area contributed by atoms with E-state index in [2.05, 4.69) is 15.5 Å². The van der Waals surface area contributed by atoms with Crippen LogP contribution in [0.3, 0.4) is 0 Å². The molecule has 0 aliphatic carbocycles. The third-order valence-corrected chi connectivity index (χ3v) is 5.23. The first-order chi connectivity index (χ1) is 13.8. The van der Waals surface area contributed by atoms with Crippen LogP contribution < -0.4 is 15.9 Å². The van der Waals surface area contributed by atoms with Gasteiger partial charge in [-0.25, -0.2) is 10.4 Å². The van der Waals surface area contributed by atoms with E-state index in [4.69, 9.17) is 33.7 Å². The number of carbonyl (C=O) groups is 1. The molecule has 2 aromatic carbocycles. The lowest BCUT2D eigenvalue weighted by Gasteiger charge is -2.12. The van der Waals surface area contributed by atoms with Gasteiger partial charge in [0.25, 0.3) is 0 Å². The van der Waals surface area contributed by atoms with Crippen molar-refractivity contribution in [3.63, 3.8) is 0 Å². The van der Waals surface area contributed by atoms with Crippen LogP contribution in [0.1, 0.15) is 25.0 Å². The molecule has 6 nitrogen and oxygen atoms in total. The van der Waals surface area contributed by atoms with Crippen molar-refractivity contribution >= 4 is 62.0 Å². The molecule has 29 heavy (non-hydrogen) atoms. The summed E-state index contributed by atoms with van der Waals surface area (Å²) in [7, 11) is 0. The molecule has 0 aliphatic rings. The summed E-state index contributed by atoms with van der Waals surface area (Å²) in [6.45, 7) is 4.59. The predicted octanol–water partition coefficient (Wildman–Crippen LogP) is 4.91. The predicted molar refractivity (Wildman–Crippen MR) is 120 cm³/mol.